The molecule has 118 valence electrons. The molecule has 1 heterocycles. The van der Waals surface area contributed by atoms with E-state index in [1.807, 2.05) is 11.8 Å². The number of carbonyl (C=O) groups excluding carboxylic acids is 2. The summed E-state index contributed by atoms with van der Waals surface area (Å²) in [7, 11) is 0. The van der Waals surface area contributed by atoms with E-state index in [2.05, 4.69) is 5.32 Å². The van der Waals surface area contributed by atoms with Gasteiger partial charge in [-0.1, -0.05) is 0 Å². The highest BCUT2D eigenvalue weighted by Gasteiger charge is 2.36. The van der Waals surface area contributed by atoms with Gasteiger partial charge in [0.2, 0.25) is 11.8 Å². The van der Waals surface area contributed by atoms with E-state index in [1.54, 1.807) is 0 Å². The van der Waals surface area contributed by atoms with Gasteiger partial charge in [0.05, 0.1) is 5.92 Å². The SMILES string of the molecule is CC(CCC(=O)O)NC(=O)C1CCCN(C(=O)C2CC2)C1. The van der Waals surface area contributed by atoms with Crippen LogP contribution in [0.2, 0.25) is 0 Å². The first kappa shape index (κ1) is 15.8. The number of nitrogens with zero attached hydrogens (tertiary/aromatic N) is 1. The normalized spacial score (nSPS) is 23.5. The van der Waals surface area contributed by atoms with Gasteiger partial charge >= 0.3 is 5.97 Å². The summed E-state index contributed by atoms with van der Waals surface area (Å²) in [5.74, 6) is -0.669. The number of carboxylic acid groups (broad SMARTS) is 1. The Balaban J connectivity index is 1.78. The lowest BCUT2D eigenvalue weighted by Crippen LogP contribution is -2.47. The number of hydrogen-bond donors (Lipinski definition) is 2. The Morgan fingerprint density at radius 1 is 1.24 bits per heavy atom. The molecule has 6 nitrogen and oxygen atoms in total. The number of aliphatic carboxylic acids is 1. The third-order valence-electron chi connectivity index (χ3n) is 4.21. The van der Waals surface area contributed by atoms with Crippen molar-refractivity contribution >= 4 is 17.8 Å². The maximum Gasteiger partial charge on any atom is 0.303 e. The Morgan fingerprint density at radius 2 is 1.95 bits per heavy atom. The molecule has 0 aromatic heterocycles. The summed E-state index contributed by atoms with van der Waals surface area (Å²) in [4.78, 5) is 36.6. The van der Waals surface area contributed by atoms with Gasteiger partial charge in [-0.15, -0.1) is 0 Å². The molecule has 2 rings (SSSR count). The van der Waals surface area contributed by atoms with Gasteiger partial charge in [-0.05, 0) is 39.0 Å². The number of piperidine rings is 1. The highest BCUT2D eigenvalue weighted by atomic mass is 16.4. The number of carbonyl (C=O) groups is 3. The summed E-state index contributed by atoms with van der Waals surface area (Å²) in [5.41, 5.74) is 0. The Bertz CT molecular complexity index is 420. The van der Waals surface area contributed by atoms with Gasteiger partial charge in [-0.3, -0.25) is 14.4 Å². The van der Waals surface area contributed by atoms with Crippen LogP contribution in [0.5, 0.6) is 0 Å². The van der Waals surface area contributed by atoms with E-state index in [9.17, 15) is 14.4 Å². The molecule has 1 saturated carbocycles. The van der Waals surface area contributed by atoms with Crippen LogP contribution in [0.4, 0.5) is 0 Å². The van der Waals surface area contributed by atoms with Gasteiger partial charge in [-0.25, -0.2) is 0 Å². The van der Waals surface area contributed by atoms with Gasteiger partial charge in [0.15, 0.2) is 0 Å². The van der Waals surface area contributed by atoms with E-state index in [1.165, 1.54) is 0 Å². The number of rotatable bonds is 6. The van der Waals surface area contributed by atoms with Crippen LogP contribution in [0.3, 0.4) is 0 Å². The molecule has 0 aromatic carbocycles. The van der Waals surface area contributed by atoms with Crippen molar-refractivity contribution in [1.82, 2.24) is 10.2 Å². The minimum Gasteiger partial charge on any atom is -0.481 e. The lowest BCUT2D eigenvalue weighted by molar-refractivity contribution is -0.139. The molecular weight excluding hydrogens is 272 g/mol. The number of hydrogen-bond acceptors (Lipinski definition) is 3. The Labute approximate surface area is 124 Å². The molecule has 2 atom stereocenters. The molecule has 2 amide bonds. The number of likely N-dealkylation sites (tertiary alicyclic amines) is 1. The smallest absolute Gasteiger partial charge is 0.303 e. The predicted octanol–water partition coefficient (Wildman–Crippen LogP) is 1.00. The fraction of sp³-hybridized carbons (Fsp3) is 0.800. The summed E-state index contributed by atoms with van der Waals surface area (Å²) in [5, 5.41) is 11.5. The topological polar surface area (TPSA) is 86.7 Å². The Morgan fingerprint density at radius 3 is 2.57 bits per heavy atom. The summed E-state index contributed by atoms with van der Waals surface area (Å²) in [6.07, 6.45) is 4.11. The molecule has 6 heteroatoms. The van der Waals surface area contributed by atoms with E-state index >= 15 is 0 Å². The van der Waals surface area contributed by atoms with Crippen LogP contribution in [0.25, 0.3) is 0 Å². The zero-order valence-electron chi connectivity index (χ0n) is 12.5. The third-order valence-corrected chi connectivity index (χ3v) is 4.21. The first-order chi connectivity index (χ1) is 9.97. The molecule has 0 radical (unpaired) electrons. The van der Waals surface area contributed by atoms with Gasteiger partial charge in [0.25, 0.3) is 0 Å². The lowest BCUT2D eigenvalue weighted by Gasteiger charge is -2.32. The highest BCUT2D eigenvalue weighted by molar-refractivity contribution is 5.83. The summed E-state index contributed by atoms with van der Waals surface area (Å²) >= 11 is 0. The molecular formula is C15H24N2O4. The van der Waals surface area contributed by atoms with Crippen LogP contribution in [0.15, 0.2) is 0 Å². The summed E-state index contributed by atoms with van der Waals surface area (Å²) in [6, 6.07) is -0.150. The fourth-order valence-electron chi connectivity index (χ4n) is 2.75. The van der Waals surface area contributed by atoms with Crippen LogP contribution in [-0.4, -0.2) is 46.9 Å². The largest absolute Gasteiger partial charge is 0.481 e. The zero-order chi connectivity index (χ0) is 15.4. The molecule has 1 saturated heterocycles. The van der Waals surface area contributed by atoms with Crippen LogP contribution in [0, 0.1) is 11.8 Å². The van der Waals surface area contributed by atoms with Gasteiger partial charge in [0.1, 0.15) is 0 Å². The standard InChI is InChI=1S/C15H24N2O4/c1-10(4-7-13(18)19)16-14(20)12-3-2-8-17(9-12)15(21)11-5-6-11/h10-12H,2-9H2,1H3,(H,16,20)(H,18,19). The molecule has 0 aromatic rings. The van der Waals surface area contributed by atoms with Crippen molar-refractivity contribution in [2.24, 2.45) is 11.8 Å². The van der Waals surface area contributed by atoms with Gasteiger partial charge in [-0.2, -0.15) is 0 Å². The molecule has 0 spiro atoms. The average molecular weight is 296 g/mol. The number of amides is 2. The van der Waals surface area contributed by atoms with Crippen molar-refractivity contribution in [3.63, 3.8) is 0 Å². The molecule has 2 fully saturated rings. The third kappa shape index (κ3) is 4.72. The van der Waals surface area contributed by atoms with E-state index < -0.39 is 5.97 Å². The van der Waals surface area contributed by atoms with Crippen molar-refractivity contribution in [3.8, 4) is 0 Å². The predicted molar refractivity (Wildman–Crippen MR) is 76.5 cm³/mol. The first-order valence-electron chi connectivity index (χ1n) is 7.78. The quantitative estimate of drug-likeness (QED) is 0.765. The maximum absolute atomic E-state index is 12.2. The second-order valence-electron chi connectivity index (χ2n) is 6.24. The summed E-state index contributed by atoms with van der Waals surface area (Å²) in [6.45, 7) is 3.08. The Kier molecular flexibility index (Phi) is 5.20. The fourth-order valence-corrected chi connectivity index (χ4v) is 2.75. The van der Waals surface area contributed by atoms with E-state index in [0.29, 0.717) is 13.0 Å². The summed E-state index contributed by atoms with van der Waals surface area (Å²) < 4.78 is 0. The van der Waals surface area contributed by atoms with Crippen LogP contribution in [0.1, 0.15) is 45.4 Å². The first-order valence-corrected chi connectivity index (χ1v) is 7.78. The average Bonchev–Trinajstić information content (AvgIpc) is 3.29. The van der Waals surface area contributed by atoms with Crippen molar-refractivity contribution in [2.75, 3.05) is 13.1 Å². The minimum absolute atomic E-state index is 0.0540. The van der Waals surface area contributed by atoms with E-state index in [4.69, 9.17) is 5.11 Å². The van der Waals surface area contributed by atoms with Gasteiger partial charge < -0.3 is 15.3 Å². The molecule has 2 aliphatic rings. The van der Waals surface area contributed by atoms with Crippen molar-refractivity contribution < 1.29 is 19.5 Å². The second kappa shape index (κ2) is 6.91. The Hall–Kier alpha value is -1.59. The number of carboxylic acids is 1. The maximum atomic E-state index is 12.2. The molecule has 0 bridgehead atoms. The highest BCUT2D eigenvalue weighted by Crippen LogP contribution is 2.32. The molecule has 21 heavy (non-hydrogen) atoms. The van der Waals surface area contributed by atoms with Crippen LogP contribution >= 0.6 is 0 Å². The monoisotopic (exact) mass is 296 g/mol. The van der Waals surface area contributed by atoms with Gasteiger partial charge in [0, 0.05) is 31.5 Å². The van der Waals surface area contributed by atoms with Crippen molar-refractivity contribution in [2.45, 2.75) is 51.5 Å². The molecule has 2 unspecified atom stereocenters. The second-order valence-corrected chi connectivity index (χ2v) is 6.24. The lowest BCUT2D eigenvalue weighted by atomic mass is 9.96. The van der Waals surface area contributed by atoms with Crippen LogP contribution < -0.4 is 5.32 Å². The van der Waals surface area contributed by atoms with Crippen molar-refractivity contribution in [3.05, 3.63) is 0 Å². The molecule has 1 aliphatic carbocycles. The minimum atomic E-state index is -0.852. The van der Waals surface area contributed by atoms with E-state index in [-0.39, 0.29) is 36.1 Å². The van der Waals surface area contributed by atoms with E-state index in [0.717, 1.165) is 32.2 Å². The molecule has 1 aliphatic heterocycles. The number of nitrogens with one attached hydrogen (secondary N) is 1. The molecule has 2 N–H and O–H groups in total. The zero-order valence-corrected chi connectivity index (χ0v) is 12.5. The van der Waals surface area contributed by atoms with Crippen LogP contribution in [-0.2, 0) is 14.4 Å². The van der Waals surface area contributed by atoms with Crippen molar-refractivity contribution in [1.29, 1.82) is 0 Å².